The molecule has 6 heteroatoms. The van der Waals surface area contributed by atoms with E-state index >= 15 is 0 Å². The van der Waals surface area contributed by atoms with Crippen molar-refractivity contribution in [2.24, 2.45) is 0 Å². The molecule has 0 radical (unpaired) electrons. The molecule has 0 fully saturated rings. The van der Waals surface area contributed by atoms with Gasteiger partial charge in [-0.3, -0.25) is 9.97 Å². The molecular formula is C50H38N4Si2. The molecular weight excluding hydrogens is 713 g/mol. The Balaban J connectivity index is 1.22. The maximum atomic E-state index is 5.05. The van der Waals surface area contributed by atoms with Gasteiger partial charge in [-0.05, 0) is 80.4 Å². The summed E-state index contributed by atoms with van der Waals surface area (Å²) in [4.78, 5) is 10.1. The minimum absolute atomic E-state index is 0.994. The second-order valence-electron chi connectivity index (χ2n) is 16.6. The van der Waals surface area contributed by atoms with Gasteiger partial charge in [0.2, 0.25) is 0 Å². The van der Waals surface area contributed by atoms with Crippen LogP contribution in [-0.4, -0.2) is 35.2 Å². The first-order valence-electron chi connectivity index (χ1n) is 19.6. The number of para-hydroxylation sites is 4. The molecule has 0 N–H and O–H groups in total. The van der Waals surface area contributed by atoms with E-state index in [-0.39, 0.29) is 0 Å². The van der Waals surface area contributed by atoms with Gasteiger partial charge in [-0.1, -0.05) is 123 Å². The van der Waals surface area contributed by atoms with Crippen molar-refractivity contribution in [3.8, 4) is 45.0 Å². The number of benzene rings is 6. The van der Waals surface area contributed by atoms with Gasteiger partial charge in [0, 0.05) is 45.1 Å². The number of rotatable bonds is 3. The van der Waals surface area contributed by atoms with Crippen molar-refractivity contribution in [1.82, 2.24) is 19.1 Å². The lowest BCUT2D eigenvalue weighted by molar-refractivity contribution is 1.17. The molecule has 6 heterocycles. The minimum atomic E-state index is -2.25. The summed E-state index contributed by atoms with van der Waals surface area (Å²) in [6.07, 6.45) is 3.87. The van der Waals surface area contributed by atoms with Crippen molar-refractivity contribution >= 4 is 80.5 Å². The van der Waals surface area contributed by atoms with Crippen LogP contribution < -0.4 is 20.7 Å². The largest absolute Gasteiger partial charge is 0.309 e. The molecule has 0 spiro atoms. The van der Waals surface area contributed by atoms with Gasteiger partial charge in [0.25, 0.3) is 0 Å². The maximum Gasteiger partial charge on any atom is 0.117 e. The van der Waals surface area contributed by atoms with E-state index in [4.69, 9.17) is 9.97 Å². The number of aromatic nitrogens is 4. The van der Waals surface area contributed by atoms with Crippen LogP contribution in [0.3, 0.4) is 0 Å². The molecule has 0 bridgehead atoms. The van der Waals surface area contributed by atoms with Crippen molar-refractivity contribution in [1.29, 1.82) is 0 Å². The highest BCUT2D eigenvalue weighted by Crippen LogP contribution is 2.43. The highest BCUT2D eigenvalue weighted by Gasteiger charge is 2.41. The third-order valence-electron chi connectivity index (χ3n) is 13.0. The summed E-state index contributed by atoms with van der Waals surface area (Å²) in [6.45, 7) is 10.1. The van der Waals surface area contributed by atoms with Gasteiger partial charge >= 0.3 is 0 Å². The predicted molar refractivity (Wildman–Crippen MR) is 241 cm³/mol. The molecule has 6 aromatic carbocycles. The Morgan fingerprint density at radius 1 is 0.393 bits per heavy atom. The molecule has 0 aliphatic carbocycles. The maximum absolute atomic E-state index is 5.05. The summed E-state index contributed by atoms with van der Waals surface area (Å²) in [5, 5.41) is 11.1. The molecule has 0 amide bonds. The fraction of sp³-hybridized carbons (Fsp3) is 0.0800. The third-order valence-corrected chi connectivity index (χ3v) is 19.9. The van der Waals surface area contributed by atoms with E-state index in [9.17, 15) is 0 Å². The summed E-state index contributed by atoms with van der Waals surface area (Å²) in [6, 6.07) is 54.4. The molecule has 56 heavy (non-hydrogen) atoms. The second-order valence-corrected chi connectivity index (χ2v) is 25.3. The summed E-state index contributed by atoms with van der Waals surface area (Å²) in [5.41, 5.74) is 14.5. The average Bonchev–Trinajstić information content (AvgIpc) is 3.76. The number of fused-ring (bicyclic) bond motifs is 10. The normalized spacial score (nSPS) is 14.7. The van der Waals surface area contributed by atoms with E-state index in [1.54, 1.807) is 0 Å². The number of hydrogen-bond donors (Lipinski definition) is 0. The molecule has 4 aromatic heterocycles. The van der Waals surface area contributed by atoms with Crippen LogP contribution in [0.5, 0.6) is 0 Å². The second kappa shape index (κ2) is 11.1. The SMILES string of the molecule is C[Si]1(C)c2cc(-c3cc(-c4ccccn4)c4c(c3)[Si](C)(C)c3cccc5c6ccccc6n-4c35)cc(-c3ccccn3)c2-n2c3ccccc3c3cccc1c32. The van der Waals surface area contributed by atoms with Crippen LogP contribution in [0.4, 0.5) is 0 Å². The van der Waals surface area contributed by atoms with E-state index < -0.39 is 16.1 Å². The van der Waals surface area contributed by atoms with Gasteiger partial charge in [-0.15, -0.1) is 0 Å². The number of pyridine rings is 2. The van der Waals surface area contributed by atoms with Gasteiger partial charge in [0.15, 0.2) is 0 Å². The lowest BCUT2D eigenvalue weighted by atomic mass is 9.95. The molecule has 12 rings (SSSR count). The van der Waals surface area contributed by atoms with E-state index in [0.717, 1.165) is 11.4 Å². The number of nitrogens with zero attached hydrogens (tertiary/aromatic N) is 4. The Morgan fingerprint density at radius 3 is 1.23 bits per heavy atom. The van der Waals surface area contributed by atoms with E-state index in [1.807, 2.05) is 24.5 Å². The Bertz CT molecular complexity index is 3080. The summed E-state index contributed by atoms with van der Waals surface area (Å²) in [7, 11) is -4.49. The van der Waals surface area contributed by atoms with Crippen molar-refractivity contribution in [3.63, 3.8) is 0 Å². The van der Waals surface area contributed by atoms with Crippen LogP contribution in [0.15, 0.2) is 158 Å². The van der Waals surface area contributed by atoms with Gasteiger partial charge in [0.1, 0.15) is 16.1 Å². The van der Waals surface area contributed by atoms with E-state index in [0.29, 0.717) is 0 Å². The molecule has 2 aliphatic rings. The van der Waals surface area contributed by atoms with Crippen LogP contribution in [0, 0.1) is 0 Å². The Hall–Kier alpha value is -6.35. The zero-order valence-corrected chi connectivity index (χ0v) is 33.8. The fourth-order valence-corrected chi connectivity index (χ4v) is 16.3. The van der Waals surface area contributed by atoms with Crippen molar-refractivity contribution < 1.29 is 0 Å². The standard InChI is InChI=1S/C50H38N4Si2/c1-55(2)43-23-13-17-35-33-15-5-7-21-41(33)53(47(35)43)49-37(39-19-9-11-25-51-39)27-31(29-45(49)55)32-28-38(40-20-10-12-26-52-40)50-46(30-32)56(3,4)44-24-14-18-36-34-16-6-8-22-42(34)54(50)48(36)44/h5-30H,1-4H3. The molecule has 0 atom stereocenters. The van der Waals surface area contributed by atoms with Crippen LogP contribution in [-0.2, 0) is 0 Å². The molecule has 0 saturated heterocycles. The van der Waals surface area contributed by atoms with Crippen molar-refractivity contribution in [2.75, 3.05) is 0 Å². The molecule has 266 valence electrons. The Kier molecular flexibility index (Phi) is 6.35. The summed E-state index contributed by atoms with van der Waals surface area (Å²) < 4.78 is 5.12. The topological polar surface area (TPSA) is 35.6 Å². The molecule has 0 unspecified atom stereocenters. The van der Waals surface area contributed by atoms with E-state index in [2.05, 4.69) is 169 Å². The molecule has 4 nitrogen and oxygen atoms in total. The highest BCUT2D eigenvalue weighted by atomic mass is 28.3. The first kappa shape index (κ1) is 31.9. The third kappa shape index (κ3) is 4.07. The quantitative estimate of drug-likeness (QED) is 0.169. The summed E-state index contributed by atoms with van der Waals surface area (Å²) in [5.74, 6) is 0. The lowest BCUT2D eigenvalue weighted by Gasteiger charge is -2.36. The molecule has 10 aromatic rings. The van der Waals surface area contributed by atoms with Crippen LogP contribution in [0.1, 0.15) is 0 Å². The van der Waals surface area contributed by atoms with Crippen LogP contribution in [0.25, 0.3) is 88.6 Å². The first-order chi connectivity index (χ1) is 27.3. The zero-order chi connectivity index (χ0) is 37.5. The van der Waals surface area contributed by atoms with E-state index in [1.165, 1.54) is 98.0 Å². The van der Waals surface area contributed by atoms with Gasteiger partial charge < -0.3 is 9.13 Å². The van der Waals surface area contributed by atoms with Crippen LogP contribution >= 0.6 is 0 Å². The lowest BCUT2D eigenvalue weighted by Crippen LogP contribution is -2.57. The van der Waals surface area contributed by atoms with Gasteiger partial charge in [-0.2, -0.15) is 0 Å². The van der Waals surface area contributed by atoms with Gasteiger partial charge in [-0.25, -0.2) is 0 Å². The smallest absolute Gasteiger partial charge is 0.117 e. The molecule has 2 aliphatic heterocycles. The van der Waals surface area contributed by atoms with Crippen LogP contribution in [0.2, 0.25) is 26.2 Å². The highest BCUT2D eigenvalue weighted by molar-refractivity contribution is 7.03. The Morgan fingerprint density at radius 2 is 0.804 bits per heavy atom. The monoisotopic (exact) mass is 750 g/mol. The van der Waals surface area contributed by atoms with Crippen molar-refractivity contribution in [2.45, 2.75) is 26.2 Å². The Labute approximate surface area is 327 Å². The summed E-state index contributed by atoms with van der Waals surface area (Å²) >= 11 is 0. The average molecular weight is 751 g/mol. The van der Waals surface area contributed by atoms with Gasteiger partial charge in [0.05, 0.1) is 44.8 Å². The zero-order valence-electron chi connectivity index (χ0n) is 31.8. The first-order valence-corrected chi connectivity index (χ1v) is 25.6. The fourth-order valence-electron chi connectivity index (χ4n) is 10.3. The minimum Gasteiger partial charge on any atom is -0.309 e. The predicted octanol–water partition coefficient (Wildman–Crippen LogP) is 9.94. The van der Waals surface area contributed by atoms with Crippen molar-refractivity contribution in [3.05, 3.63) is 158 Å². The molecule has 0 saturated carbocycles. The number of hydrogen-bond acceptors (Lipinski definition) is 2.